The molecule has 0 saturated heterocycles. The maximum atomic E-state index is 12.7. The molecule has 3 rings (SSSR count). The van der Waals surface area contributed by atoms with Gasteiger partial charge in [-0.25, -0.2) is 4.98 Å². The van der Waals surface area contributed by atoms with E-state index < -0.39 is 11.7 Å². The topological polar surface area (TPSA) is 38.5 Å². The normalized spacial score (nSPS) is 11.8. The molecule has 0 radical (unpaired) electrons. The average molecular weight is 404 g/mol. The predicted molar refractivity (Wildman–Crippen MR) is 104 cm³/mol. The molecule has 29 heavy (non-hydrogen) atoms. The van der Waals surface area contributed by atoms with E-state index in [1.165, 1.54) is 12.1 Å². The minimum absolute atomic E-state index is 0.490. The van der Waals surface area contributed by atoms with Gasteiger partial charge in [0.2, 0.25) is 5.89 Å². The summed E-state index contributed by atoms with van der Waals surface area (Å²) < 4.78 is 49.6. The Kier molecular flexibility index (Phi) is 6.27. The third-order valence-corrected chi connectivity index (χ3v) is 4.46. The van der Waals surface area contributed by atoms with E-state index >= 15 is 0 Å². The number of hydrogen-bond acceptors (Lipinski definition) is 4. The van der Waals surface area contributed by atoms with Crippen LogP contribution in [0.4, 0.5) is 13.2 Å². The number of para-hydroxylation sites is 1. The Morgan fingerprint density at radius 2 is 1.72 bits per heavy atom. The average Bonchev–Trinajstić information content (AvgIpc) is 3.02. The summed E-state index contributed by atoms with van der Waals surface area (Å²) >= 11 is 0. The summed E-state index contributed by atoms with van der Waals surface area (Å²) in [4.78, 5) is 6.59. The lowest BCUT2D eigenvalue weighted by atomic mass is 10.1. The first-order valence-corrected chi connectivity index (χ1v) is 9.31. The standard InChI is InChI=1S/C22H23F3N2O2/c1-4-28-20-8-6-5-7-18(20)21-26-19(15(2)29-21)14-27(3)13-16-9-11-17(12-10-16)22(23,24)25/h5-12H,4,13-14H2,1-3H3. The molecule has 1 heterocycles. The molecule has 0 amide bonds. The molecule has 0 fully saturated rings. The summed E-state index contributed by atoms with van der Waals surface area (Å²) in [7, 11) is 1.89. The zero-order valence-corrected chi connectivity index (χ0v) is 16.6. The quantitative estimate of drug-likeness (QED) is 0.506. The number of aryl methyl sites for hydroxylation is 1. The number of benzene rings is 2. The summed E-state index contributed by atoms with van der Waals surface area (Å²) in [6.07, 6.45) is -4.32. The third-order valence-electron chi connectivity index (χ3n) is 4.46. The first-order chi connectivity index (χ1) is 13.8. The molecule has 7 heteroatoms. The van der Waals surface area contributed by atoms with Crippen LogP contribution in [0.1, 0.15) is 29.5 Å². The highest BCUT2D eigenvalue weighted by molar-refractivity contribution is 5.63. The van der Waals surface area contributed by atoms with Crippen molar-refractivity contribution in [2.24, 2.45) is 0 Å². The van der Waals surface area contributed by atoms with Crippen molar-refractivity contribution in [2.45, 2.75) is 33.1 Å². The number of halogens is 3. The van der Waals surface area contributed by atoms with Gasteiger partial charge in [0.05, 0.1) is 23.4 Å². The molecule has 0 saturated carbocycles. The Balaban J connectivity index is 1.71. The molecule has 2 aromatic carbocycles. The Labute approximate surface area is 167 Å². The molecule has 0 aliphatic heterocycles. The molecule has 0 atom stereocenters. The molecule has 0 aliphatic carbocycles. The van der Waals surface area contributed by atoms with Crippen LogP contribution in [0.15, 0.2) is 52.9 Å². The molecule has 1 aromatic heterocycles. The van der Waals surface area contributed by atoms with E-state index in [1.54, 1.807) is 0 Å². The monoisotopic (exact) mass is 404 g/mol. The smallest absolute Gasteiger partial charge is 0.416 e. The van der Waals surface area contributed by atoms with Crippen LogP contribution in [0.2, 0.25) is 0 Å². The van der Waals surface area contributed by atoms with Gasteiger partial charge in [0.15, 0.2) is 0 Å². The van der Waals surface area contributed by atoms with E-state index in [2.05, 4.69) is 4.98 Å². The SMILES string of the molecule is CCOc1ccccc1-c1nc(CN(C)Cc2ccc(C(F)(F)F)cc2)c(C)o1. The second-order valence-corrected chi connectivity index (χ2v) is 6.82. The highest BCUT2D eigenvalue weighted by Crippen LogP contribution is 2.31. The van der Waals surface area contributed by atoms with Gasteiger partial charge in [0, 0.05) is 13.1 Å². The highest BCUT2D eigenvalue weighted by Gasteiger charge is 2.30. The number of hydrogen-bond donors (Lipinski definition) is 0. The second-order valence-electron chi connectivity index (χ2n) is 6.82. The summed E-state index contributed by atoms with van der Waals surface area (Å²) in [6.45, 7) is 5.31. The van der Waals surface area contributed by atoms with Crippen LogP contribution in [-0.2, 0) is 19.3 Å². The fourth-order valence-corrected chi connectivity index (χ4v) is 3.04. The largest absolute Gasteiger partial charge is 0.493 e. The molecule has 4 nitrogen and oxygen atoms in total. The Bertz CT molecular complexity index is 949. The third kappa shape index (κ3) is 5.17. The summed E-state index contributed by atoms with van der Waals surface area (Å²) in [6, 6.07) is 12.8. The molecule has 0 bridgehead atoms. The van der Waals surface area contributed by atoms with E-state index in [-0.39, 0.29) is 0 Å². The maximum absolute atomic E-state index is 12.7. The first kappa shape index (κ1) is 20.9. The summed E-state index contributed by atoms with van der Waals surface area (Å²) in [5, 5.41) is 0. The van der Waals surface area contributed by atoms with E-state index in [0.29, 0.717) is 37.1 Å². The predicted octanol–water partition coefficient (Wildman–Crippen LogP) is 5.70. The minimum atomic E-state index is -4.32. The van der Waals surface area contributed by atoms with Crippen LogP contribution in [0.5, 0.6) is 5.75 Å². The number of oxazole rings is 1. The fraction of sp³-hybridized carbons (Fsp3) is 0.318. The molecule has 0 N–H and O–H groups in total. The van der Waals surface area contributed by atoms with Crippen molar-refractivity contribution in [3.63, 3.8) is 0 Å². The van der Waals surface area contributed by atoms with Crippen molar-refractivity contribution in [3.8, 4) is 17.2 Å². The zero-order chi connectivity index (χ0) is 21.0. The summed E-state index contributed by atoms with van der Waals surface area (Å²) in [5.74, 6) is 1.90. The number of ether oxygens (including phenoxy) is 1. The van der Waals surface area contributed by atoms with E-state index in [9.17, 15) is 13.2 Å². The van der Waals surface area contributed by atoms with Gasteiger partial charge in [-0.3, -0.25) is 4.90 Å². The van der Waals surface area contributed by atoms with Gasteiger partial charge >= 0.3 is 6.18 Å². The van der Waals surface area contributed by atoms with E-state index in [4.69, 9.17) is 9.15 Å². The van der Waals surface area contributed by atoms with Crippen molar-refractivity contribution in [1.29, 1.82) is 0 Å². The summed E-state index contributed by atoms with van der Waals surface area (Å²) in [5.41, 5.74) is 1.72. The van der Waals surface area contributed by atoms with Crippen LogP contribution in [0, 0.1) is 6.92 Å². The molecule has 0 unspecified atom stereocenters. The number of alkyl halides is 3. The van der Waals surface area contributed by atoms with Crippen molar-refractivity contribution in [3.05, 3.63) is 71.1 Å². The van der Waals surface area contributed by atoms with Crippen molar-refractivity contribution >= 4 is 0 Å². The Morgan fingerprint density at radius 3 is 2.38 bits per heavy atom. The van der Waals surface area contributed by atoms with E-state index in [0.717, 1.165) is 29.0 Å². The Hall–Kier alpha value is -2.80. The fourth-order valence-electron chi connectivity index (χ4n) is 3.04. The first-order valence-electron chi connectivity index (χ1n) is 9.31. The van der Waals surface area contributed by atoms with Crippen molar-refractivity contribution in [2.75, 3.05) is 13.7 Å². The van der Waals surface area contributed by atoms with Gasteiger partial charge in [0.25, 0.3) is 0 Å². The molecule has 0 spiro atoms. The lowest BCUT2D eigenvalue weighted by Crippen LogP contribution is -2.18. The second kappa shape index (κ2) is 8.69. The van der Waals surface area contributed by atoms with Gasteiger partial charge in [-0.05, 0) is 50.7 Å². The lowest BCUT2D eigenvalue weighted by molar-refractivity contribution is -0.137. The molecule has 3 aromatic rings. The van der Waals surface area contributed by atoms with Crippen LogP contribution in [0.3, 0.4) is 0 Å². The van der Waals surface area contributed by atoms with Crippen LogP contribution in [-0.4, -0.2) is 23.5 Å². The molecular weight excluding hydrogens is 381 g/mol. The molecule has 0 aliphatic rings. The number of rotatable bonds is 7. The Morgan fingerprint density at radius 1 is 1.03 bits per heavy atom. The minimum Gasteiger partial charge on any atom is -0.493 e. The highest BCUT2D eigenvalue weighted by atomic mass is 19.4. The van der Waals surface area contributed by atoms with Gasteiger partial charge in [-0.2, -0.15) is 13.2 Å². The number of nitrogens with zero attached hydrogens (tertiary/aromatic N) is 2. The van der Waals surface area contributed by atoms with Gasteiger partial charge in [-0.1, -0.05) is 24.3 Å². The van der Waals surface area contributed by atoms with Crippen molar-refractivity contribution < 1.29 is 22.3 Å². The van der Waals surface area contributed by atoms with Gasteiger partial charge in [0.1, 0.15) is 11.5 Å². The van der Waals surface area contributed by atoms with Gasteiger partial charge < -0.3 is 9.15 Å². The van der Waals surface area contributed by atoms with Crippen molar-refractivity contribution in [1.82, 2.24) is 9.88 Å². The maximum Gasteiger partial charge on any atom is 0.416 e. The number of aromatic nitrogens is 1. The lowest BCUT2D eigenvalue weighted by Gasteiger charge is -2.16. The zero-order valence-electron chi connectivity index (χ0n) is 16.6. The molecule has 154 valence electrons. The van der Waals surface area contributed by atoms with Crippen LogP contribution in [0.25, 0.3) is 11.5 Å². The van der Waals surface area contributed by atoms with E-state index in [1.807, 2.05) is 50.1 Å². The molecular formula is C22H23F3N2O2. The van der Waals surface area contributed by atoms with Gasteiger partial charge in [-0.15, -0.1) is 0 Å². The van der Waals surface area contributed by atoms with Crippen LogP contribution >= 0.6 is 0 Å². The van der Waals surface area contributed by atoms with Crippen LogP contribution < -0.4 is 4.74 Å².